The number of hydrogen-bond donors (Lipinski definition) is 1. The van der Waals surface area contributed by atoms with Gasteiger partial charge in [-0.1, -0.05) is 41.4 Å². The van der Waals surface area contributed by atoms with Gasteiger partial charge in [0.25, 0.3) is 0 Å². The van der Waals surface area contributed by atoms with Crippen LogP contribution < -0.4 is 5.43 Å². The van der Waals surface area contributed by atoms with Gasteiger partial charge in [0.1, 0.15) is 0 Å². The molecule has 0 aromatic heterocycles. The number of benzene rings is 2. The molecule has 2 aromatic carbocycles. The van der Waals surface area contributed by atoms with Gasteiger partial charge in [-0.2, -0.15) is 5.10 Å². The summed E-state index contributed by atoms with van der Waals surface area (Å²) in [6.45, 7) is 0. The van der Waals surface area contributed by atoms with Gasteiger partial charge in [-0.3, -0.25) is 5.43 Å². The Morgan fingerprint density at radius 3 is 2.24 bits per heavy atom. The van der Waals surface area contributed by atoms with Crippen molar-refractivity contribution in [3.63, 3.8) is 0 Å². The van der Waals surface area contributed by atoms with Crippen molar-refractivity contribution < 1.29 is 0 Å². The molecule has 0 saturated heterocycles. The van der Waals surface area contributed by atoms with E-state index < -0.39 is 0 Å². The minimum Gasteiger partial charge on any atom is -0.279 e. The Labute approximate surface area is 110 Å². The summed E-state index contributed by atoms with van der Waals surface area (Å²) in [4.78, 5) is 0. The number of nitrogens with one attached hydrogen (secondary N) is 1. The lowest BCUT2D eigenvalue weighted by Gasteiger charge is -1.99. The van der Waals surface area contributed by atoms with Crippen LogP contribution in [0.5, 0.6) is 0 Å². The average molecular weight is 265 g/mol. The Morgan fingerprint density at radius 2 is 1.59 bits per heavy atom. The summed E-state index contributed by atoms with van der Waals surface area (Å²) < 4.78 is 0. The molecule has 0 saturated carbocycles. The molecular weight excluding hydrogens is 255 g/mol. The van der Waals surface area contributed by atoms with Gasteiger partial charge >= 0.3 is 0 Å². The van der Waals surface area contributed by atoms with Crippen LogP contribution in [0.3, 0.4) is 0 Å². The van der Waals surface area contributed by atoms with Crippen molar-refractivity contribution >= 4 is 35.1 Å². The smallest absolute Gasteiger partial charge is 0.0561 e. The van der Waals surface area contributed by atoms with Crippen LogP contribution in [0.25, 0.3) is 0 Å². The summed E-state index contributed by atoms with van der Waals surface area (Å²) >= 11 is 11.8. The van der Waals surface area contributed by atoms with Crippen molar-refractivity contribution in [3.05, 3.63) is 64.1 Å². The molecule has 0 heterocycles. The van der Waals surface area contributed by atoms with E-state index in [2.05, 4.69) is 10.5 Å². The first-order valence-corrected chi connectivity index (χ1v) is 5.80. The lowest BCUT2D eigenvalue weighted by Crippen LogP contribution is -1.90. The second-order valence-corrected chi connectivity index (χ2v) is 4.31. The van der Waals surface area contributed by atoms with E-state index >= 15 is 0 Å². The molecule has 0 fully saturated rings. The van der Waals surface area contributed by atoms with Gasteiger partial charge in [-0.05, 0) is 35.9 Å². The van der Waals surface area contributed by atoms with Gasteiger partial charge in [0, 0.05) is 10.0 Å². The van der Waals surface area contributed by atoms with Crippen LogP contribution in [0.1, 0.15) is 5.56 Å². The Bertz CT molecular complexity index is 504. The van der Waals surface area contributed by atoms with Crippen molar-refractivity contribution in [3.8, 4) is 0 Å². The molecule has 17 heavy (non-hydrogen) atoms. The molecule has 0 spiro atoms. The van der Waals surface area contributed by atoms with Gasteiger partial charge in [0.15, 0.2) is 0 Å². The molecule has 0 atom stereocenters. The zero-order valence-electron chi connectivity index (χ0n) is 8.90. The maximum absolute atomic E-state index is 5.88. The maximum Gasteiger partial charge on any atom is 0.0561 e. The van der Waals surface area contributed by atoms with Crippen LogP contribution >= 0.6 is 23.2 Å². The van der Waals surface area contributed by atoms with Gasteiger partial charge in [-0.25, -0.2) is 0 Å². The maximum atomic E-state index is 5.88. The van der Waals surface area contributed by atoms with E-state index in [1.807, 2.05) is 30.3 Å². The van der Waals surface area contributed by atoms with Crippen LogP contribution in [0.2, 0.25) is 10.0 Å². The molecule has 2 rings (SSSR count). The molecule has 2 aromatic rings. The zero-order chi connectivity index (χ0) is 12.1. The SMILES string of the molecule is Clc1cc(Cl)cc(C=NNc2ccccc2)c1. The highest BCUT2D eigenvalue weighted by molar-refractivity contribution is 6.35. The van der Waals surface area contributed by atoms with Crippen molar-refractivity contribution in [2.24, 2.45) is 5.10 Å². The molecule has 0 unspecified atom stereocenters. The largest absolute Gasteiger partial charge is 0.279 e. The first-order valence-electron chi connectivity index (χ1n) is 5.04. The highest BCUT2D eigenvalue weighted by Crippen LogP contribution is 2.17. The van der Waals surface area contributed by atoms with E-state index in [0.29, 0.717) is 10.0 Å². The molecule has 0 radical (unpaired) electrons. The number of halogens is 2. The van der Waals surface area contributed by atoms with Crippen LogP contribution in [0.15, 0.2) is 53.6 Å². The fraction of sp³-hybridized carbons (Fsp3) is 0. The number of hydrogen-bond acceptors (Lipinski definition) is 2. The summed E-state index contributed by atoms with van der Waals surface area (Å²) in [7, 11) is 0. The summed E-state index contributed by atoms with van der Waals surface area (Å²) in [6.07, 6.45) is 1.67. The standard InChI is InChI=1S/C13H10Cl2N2/c14-11-6-10(7-12(15)8-11)9-16-17-13-4-2-1-3-5-13/h1-9,17H. The van der Waals surface area contributed by atoms with E-state index in [1.165, 1.54) is 0 Å². The summed E-state index contributed by atoms with van der Waals surface area (Å²) in [6, 6.07) is 15.0. The van der Waals surface area contributed by atoms with Crippen LogP contribution in [-0.4, -0.2) is 6.21 Å². The molecule has 0 aliphatic carbocycles. The van der Waals surface area contributed by atoms with Gasteiger partial charge < -0.3 is 0 Å². The van der Waals surface area contributed by atoms with Crippen molar-refractivity contribution in [2.45, 2.75) is 0 Å². The minimum absolute atomic E-state index is 0.596. The Balaban J connectivity index is 2.06. The third-order valence-corrected chi connectivity index (χ3v) is 2.50. The fourth-order valence-corrected chi connectivity index (χ4v) is 1.89. The highest BCUT2D eigenvalue weighted by Gasteiger charge is 1.95. The average Bonchev–Trinajstić information content (AvgIpc) is 2.29. The molecule has 1 N–H and O–H groups in total. The van der Waals surface area contributed by atoms with Gasteiger partial charge in [0.2, 0.25) is 0 Å². The Hall–Kier alpha value is -1.51. The van der Waals surface area contributed by atoms with E-state index in [9.17, 15) is 0 Å². The molecule has 0 amide bonds. The third-order valence-electron chi connectivity index (χ3n) is 2.07. The molecule has 0 bridgehead atoms. The predicted molar refractivity (Wildman–Crippen MR) is 74.1 cm³/mol. The normalized spacial score (nSPS) is 10.7. The molecule has 2 nitrogen and oxygen atoms in total. The Morgan fingerprint density at radius 1 is 0.941 bits per heavy atom. The molecule has 4 heteroatoms. The first kappa shape index (κ1) is 12.0. The number of para-hydroxylation sites is 1. The monoisotopic (exact) mass is 264 g/mol. The van der Waals surface area contributed by atoms with Crippen LogP contribution in [0.4, 0.5) is 5.69 Å². The van der Waals surface area contributed by atoms with Gasteiger partial charge in [-0.15, -0.1) is 0 Å². The lowest BCUT2D eigenvalue weighted by molar-refractivity contribution is 1.35. The predicted octanol–water partition coefficient (Wildman–Crippen LogP) is 4.44. The van der Waals surface area contributed by atoms with E-state index in [1.54, 1.807) is 24.4 Å². The number of nitrogens with zero attached hydrogens (tertiary/aromatic N) is 1. The second-order valence-electron chi connectivity index (χ2n) is 3.44. The summed E-state index contributed by atoms with van der Waals surface area (Å²) in [5.74, 6) is 0. The van der Waals surface area contributed by atoms with E-state index in [4.69, 9.17) is 23.2 Å². The second kappa shape index (κ2) is 5.71. The lowest BCUT2D eigenvalue weighted by atomic mass is 10.2. The minimum atomic E-state index is 0.596. The first-order chi connectivity index (χ1) is 8.24. The van der Waals surface area contributed by atoms with Crippen molar-refractivity contribution in [1.29, 1.82) is 0 Å². The van der Waals surface area contributed by atoms with Crippen molar-refractivity contribution in [1.82, 2.24) is 0 Å². The quantitative estimate of drug-likeness (QED) is 0.644. The molecule has 0 aliphatic heterocycles. The van der Waals surface area contributed by atoms with E-state index in [-0.39, 0.29) is 0 Å². The van der Waals surface area contributed by atoms with Crippen LogP contribution in [0, 0.1) is 0 Å². The molecule has 86 valence electrons. The number of anilines is 1. The molecular formula is C13H10Cl2N2. The zero-order valence-corrected chi connectivity index (χ0v) is 10.4. The highest BCUT2D eigenvalue weighted by atomic mass is 35.5. The number of rotatable bonds is 3. The number of hydrazone groups is 1. The fourth-order valence-electron chi connectivity index (χ4n) is 1.34. The summed E-state index contributed by atoms with van der Waals surface area (Å²) in [5.41, 5.74) is 4.70. The van der Waals surface area contributed by atoms with Gasteiger partial charge in [0.05, 0.1) is 11.9 Å². The third kappa shape index (κ3) is 3.77. The van der Waals surface area contributed by atoms with E-state index in [0.717, 1.165) is 11.3 Å². The van der Waals surface area contributed by atoms with Crippen molar-refractivity contribution in [2.75, 3.05) is 5.43 Å². The summed E-state index contributed by atoms with van der Waals surface area (Å²) in [5, 5.41) is 5.29. The molecule has 0 aliphatic rings. The Kier molecular flexibility index (Phi) is 4.02. The van der Waals surface area contributed by atoms with Crippen LogP contribution in [-0.2, 0) is 0 Å². The topological polar surface area (TPSA) is 24.4 Å².